The number of rotatable bonds is 10. The van der Waals surface area contributed by atoms with E-state index in [2.05, 4.69) is 15.6 Å². The minimum Gasteiger partial charge on any atom is -0.381 e. The first-order valence-corrected chi connectivity index (χ1v) is 11.6. The number of nitrogens with zero attached hydrogens (tertiary/aromatic N) is 2. The highest BCUT2D eigenvalue weighted by molar-refractivity contribution is 14.0. The van der Waals surface area contributed by atoms with Crippen LogP contribution >= 0.6 is 24.0 Å². The van der Waals surface area contributed by atoms with Crippen LogP contribution in [0.2, 0.25) is 0 Å². The van der Waals surface area contributed by atoms with Crippen molar-refractivity contribution in [2.45, 2.75) is 43.5 Å². The Bertz CT molecular complexity index is 745. The zero-order valence-corrected chi connectivity index (χ0v) is 20.2. The van der Waals surface area contributed by atoms with Gasteiger partial charge in [-0.15, -0.1) is 24.0 Å². The van der Waals surface area contributed by atoms with Crippen molar-refractivity contribution in [3.63, 3.8) is 0 Å². The second kappa shape index (κ2) is 12.1. The van der Waals surface area contributed by atoms with E-state index in [0.29, 0.717) is 24.5 Å². The predicted molar refractivity (Wildman–Crippen MR) is 126 cm³/mol. The first kappa shape index (κ1) is 24.4. The number of guanidine groups is 1. The number of hydrogen-bond donors (Lipinski definition) is 2. The van der Waals surface area contributed by atoms with Gasteiger partial charge in [-0.2, -0.15) is 4.31 Å². The highest BCUT2D eigenvalue weighted by Crippen LogP contribution is 2.28. The van der Waals surface area contributed by atoms with Crippen molar-refractivity contribution >= 4 is 40.0 Å². The quantitative estimate of drug-likeness (QED) is 0.208. The van der Waals surface area contributed by atoms with Crippen LogP contribution in [0.3, 0.4) is 0 Å². The third-order valence-corrected chi connectivity index (χ3v) is 7.03. The van der Waals surface area contributed by atoms with Crippen molar-refractivity contribution in [1.82, 2.24) is 14.9 Å². The van der Waals surface area contributed by atoms with Gasteiger partial charge in [0.15, 0.2) is 5.96 Å². The Morgan fingerprint density at radius 2 is 1.86 bits per heavy atom. The molecule has 7 nitrogen and oxygen atoms in total. The lowest BCUT2D eigenvalue weighted by Gasteiger charge is -2.16. The molecule has 164 valence electrons. The largest absolute Gasteiger partial charge is 0.381 e. The third-order valence-electron chi connectivity index (χ3n) is 5.12. The van der Waals surface area contributed by atoms with Crippen molar-refractivity contribution in [2.75, 3.05) is 39.9 Å². The van der Waals surface area contributed by atoms with Crippen LogP contribution in [-0.4, -0.2) is 58.6 Å². The average Bonchev–Trinajstić information content (AvgIpc) is 3.35. The Morgan fingerprint density at radius 3 is 2.48 bits per heavy atom. The molecular formula is C20H33IN4O3S. The molecule has 0 aromatic heterocycles. The molecule has 1 saturated carbocycles. The number of benzene rings is 1. The third kappa shape index (κ3) is 7.69. The van der Waals surface area contributed by atoms with Gasteiger partial charge in [0.2, 0.25) is 10.0 Å². The van der Waals surface area contributed by atoms with Crippen LogP contribution in [0, 0.1) is 5.92 Å². The Morgan fingerprint density at radius 1 is 1.17 bits per heavy atom. The summed E-state index contributed by atoms with van der Waals surface area (Å²) in [4.78, 5) is 4.59. The molecule has 1 aliphatic carbocycles. The molecule has 9 heteroatoms. The normalized spacial score (nSPS) is 17.8. The van der Waals surface area contributed by atoms with E-state index in [1.165, 1.54) is 12.8 Å². The minimum atomic E-state index is -3.35. The molecule has 0 spiro atoms. The number of sulfonamides is 1. The van der Waals surface area contributed by atoms with Crippen LogP contribution in [0.1, 0.15) is 37.7 Å². The maximum atomic E-state index is 12.6. The molecule has 0 radical (unpaired) electrons. The molecule has 2 aliphatic rings. The zero-order chi connectivity index (χ0) is 19.8. The lowest BCUT2D eigenvalue weighted by molar-refractivity contribution is 0.123. The standard InChI is InChI=1S/C20H32N4O3S.HI/c1-21-20(22-11-4-14-27-16-18-5-6-18)23-15-17-7-9-19(10-8-17)28(25,26)24-12-2-3-13-24;/h7-10,18H,2-6,11-16H2,1H3,(H2,21,22,23);1H. The Kier molecular flexibility index (Phi) is 10.1. The molecular weight excluding hydrogens is 503 g/mol. The average molecular weight is 536 g/mol. The van der Waals surface area contributed by atoms with E-state index in [9.17, 15) is 8.42 Å². The molecule has 0 atom stereocenters. The van der Waals surface area contributed by atoms with E-state index in [4.69, 9.17) is 4.74 Å². The number of hydrogen-bond acceptors (Lipinski definition) is 4. The van der Waals surface area contributed by atoms with Crippen LogP contribution in [0.25, 0.3) is 0 Å². The van der Waals surface area contributed by atoms with E-state index in [1.807, 2.05) is 12.1 Å². The summed E-state index contributed by atoms with van der Waals surface area (Å²) in [7, 11) is -1.61. The number of aliphatic imine (C=N–C) groups is 1. The second-order valence-electron chi connectivity index (χ2n) is 7.48. The SMILES string of the molecule is CN=C(NCCCOCC1CC1)NCc1ccc(S(=O)(=O)N2CCCC2)cc1.I. The molecule has 29 heavy (non-hydrogen) atoms. The molecule has 2 fully saturated rings. The van der Waals surface area contributed by atoms with Gasteiger partial charge < -0.3 is 15.4 Å². The van der Waals surface area contributed by atoms with E-state index in [1.54, 1.807) is 23.5 Å². The van der Waals surface area contributed by atoms with Gasteiger partial charge in [0, 0.05) is 46.4 Å². The van der Waals surface area contributed by atoms with Crippen molar-refractivity contribution < 1.29 is 13.2 Å². The maximum Gasteiger partial charge on any atom is 0.243 e. The Hall–Kier alpha value is -0.910. The summed E-state index contributed by atoms with van der Waals surface area (Å²) in [5.74, 6) is 1.54. The van der Waals surface area contributed by atoms with Gasteiger partial charge >= 0.3 is 0 Å². The fraction of sp³-hybridized carbons (Fsp3) is 0.650. The molecule has 1 aromatic rings. The van der Waals surface area contributed by atoms with Crippen molar-refractivity contribution in [1.29, 1.82) is 0 Å². The molecule has 3 rings (SSSR count). The number of nitrogens with one attached hydrogen (secondary N) is 2. The van der Waals surface area contributed by atoms with Gasteiger partial charge in [0.1, 0.15) is 0 Å². The highest BCUT2D eigenvalue weighted by atomic mass is 127. The highest BCUT2D eigenvalue weighted by Gasteiger charge is 2.26. The van der Waals surface area contributed by atoms with Crippen LogP contribution in [0.5, 0.6) is 0 Å². The monoisotopic (exact) mass is 536 g/mol. The zero-order valence-electron chi connectivity index (χ0n) is 17.1. The van der Waals surface area contributed by atoms with E-state index < -0.39 is 10.0 Å². The second-order valence-corrected chi connectivity index (χ2v) is 9.42. The molecule has 1 aromatic carbocycles. The first-order valence-electron chi connectivity index (χ1n) is 10.2. The van der Waals surface area contributed by atoms with Crippen LogP contribution in [-0.2, 0) is 21.3 Å². The van der Waals surface area contributed by atoms with Gasteiger partial charge in [0.05, 0.1) is 4.90 Å². The van der Waals surface area contributed by atoms with Crippen molar-refractivity contribution in [3.05, 3.63) is 29.8 Å². The molecule has 0 amide bonds. The fourth-order valence-electron chi connectivity index (χ4n) is 3.18. The smallest absolute Gasteiger partial charge is 0.243 e. The van der Waals surface area contributed by atoms with Gasteiger partial charge in [-0.3, -0.25) is 4.99 Å². The van der Waals surface area contributed by atoms with Gasteiger partial charge in [-0.05, 0) is 55.7 Å². The topological polar surface area (TPSA) is 83.0 Å². The van der Waals surface area contributed by atoms with Crippen LogP contribution in [0.4, 0.5) is 0 Å². The molecule has 0 bridgehead atoms. The Balaban J connectivity index is 0.00000300. The Labute approximate surface area is 191 Å². The van der Waals surface area contributed by atoms with Crippen molar-refractivity contribution in [3.8, 4) is 0 Å². The van der Waals surface area contributed by atoms with Crippen LogP contribution in [0.15, 0.2) is 34.2 Å². The summed E-state index contributed by atoms with van der Waals surface area (Å²) in [5, 5.41) is 6.53. The van der Waals surface area contributed by atoms with Crippen molar-refractivity contribution in [2.24, 2.45) is 10.9 Å². The summed E-state index contributed by atoms with van der Waals surface area (Å²) in [6.07, 6.45) is 5.47. The molecule has 1 aliphatic heterocycles. The number of ether oxygens (including phenoxy) is 1. The minimum absolute atomic E-state index is 0. The lowest BCUT2D eigenvalue weighted by atomic mass is 10.2. The van der Waals surface area contributed by atoms with Gasteiger partial charge in [-0.1, -0.05) is 12.1 Å². The summed E-state index contributed by atoms with van der Waals surface area (Å²) in [6, 6.07) is 7.10. The maximum absolute atomic E-state index is 12.6. The summed E-state index contributed by atoms with van der Waals surface area (Å²) < 4.78 is 32.3. The summed E-state index contributed by atoms with van der Waals surface area (Å²) in [6.45, 7) is 4.31. The molecule has 2 N–H and O–H groups in total. The van der Waals surface area contributed by atoms with E-state index in [-0.39, 0.29) is 24.0 Å². The molecule has 0 unspecified atom stereocenters. The lowest BCUT2D eigenvalue weighted by Crippen LogP contribution is -2.37. The van der Waals surface area contributed by atoms with Gasteiger partial charge in [-0.25, -0.2) is 8.42 Å². The fourth-order valence-corrected chi connectivity index (χ4v) is 4.70. The first-order chi connectivity index (χ1) is 13.6. The number of halogens is 1. The molecule has 1 saturated heterocycles. The molecule has 1 heterocycles. The van der Waals surface area contributed by atoms with Crippen LogP contribution < -0.4 is 10.6 Å². The summed E-state index contributed by atoms with van der Waals surface area (Å²) >= 11 is 0. The predicted octanol–water partition coefficient (Wildman–Crippen LogP) is 2.57. The summed E-state index contributed by atoms with van der Waals surface area (Å²) in [5.41, 5.74) is 1.01. The van der Waals surface area contributed by atoms with Gasteiger partial charge in [0.25, 0.3) is 0 Å². The van der Waals surface area contributed by atoms with E-state index in [0.717, 1.165) is 56.5 Å². The van der Waals surface area contributed by atoms with E-state index >= 15 is 0 Å².